The van der Waals surface area contributed by atoms with Gasteiger partial charge in [0.15, 0.2) is 5.75 Å². The fourth-order valence-electron chi connectivity index (χ4n) is 4.90. The van der Waals surface area contributed by atoms with Crippen LogP contribution < -0.4 is 10.3 Å². The Morgan fingerprint density at radius 1 is 1.00 bits per heavy atom. The van der Waals surface area contributed by atoms with Crippen molar-refractivity contribution in [1.29, 1.82) is 0 Å². The van der Waals surface area contributed by atoms with Crippen LogP contribution in [-0.2, 0) is 27.7 Å². The summed E-state index contributed by atoms with van der Waals surface area (Å²) in [4.78, 5) is 28.4. The number of rotatable bonds is 6. The van der Waals surface area contributed by atoms with Crippen molar-refractivity contribution in [3.05, 3.63) is 87.8 Å². The minimum atomic E-state index is -4.05. The molecule has 0 aliphatic carbocycles. The van der Waals surface area contributed by atoms with Crippen molar-refractivity contribution in [2.24, 2.45) is 0 Å². The Balaban J connectivity index is 1.61. The average molecular weight is 515 g/mol. The van der Waals surface area contributed by atoms with Crippen LogP contribution in [0.3, 0.4) is 0 Å². The number of likely N-dealkylation sites (tertiary alicyclic amines) is 1. The van der Waals surface area contributed by atoms with E-state index >= 15 is 0 Å². The molecule has 36 heavy (non-hydrogen) atoms. The molecule has 5 rings (SSSR count). The van der Waals surface area contributed by atoms with Crippen LogP contribution in [0.2, 0.25) is 0 Å². The third kappa shape index (κ3) is 4.41. The SMILES string of the molecule is O=C([C@@H]1CCc2c(S(=O)(=O)c3ccccc3)cc(OCc3cc(F)cc(F)c3)c(=O)n21)N1CCCC1. The van der Waals surface area contributed by atoms with E-state index in [1.165, 1.54) is 16.7 Å². The first-order chi connectivity index (χ1) is 17.3. The first-order valence-electron chi connectivity index (χ1n) is 11.7. The number of carbonyl (C=O) groups excluding carboxylic acids is 1. The number of carbonyl (C=O) groups is 1. The fraction of sp³-hybridized carbons (Fsp3) is 0.308. The number of hydrogen-bond acceptors (Lipinski definition) is 5. The highest BCUT2D eigenvalue weighted by molar-refractivity contribution is 7.91. The van der Waals surface area contributed by atoms with Gasteiger partial charge in [-0.15, -0.1) is 0 Å². The molecule has 0 saturated carbocycles. The van der Waals surface area contributed by atoms with Gasteiger partial charge in [-0.2, -0.15) is 0 Å². The largest absolute Gasteiger partial charge is 0.483 e. The smallest absolute Gasteiger partial charge is 0.293 e. The molecule has 1 atom stereocenters. The van der Waals surface area contributed by atoms with Crippen molar-refractivity contribution >= 4 is 15.7 Å². The number of aromatic nitrogens is 1. The molecule has 2 aliphatic rings. The van der Waals surface area contributed by atoms with Crippen LogP contribution in [0.15, 0.2) is 69.2 Å². The zero-order chi connectivity index (χ0) is 25.4. The maximum atomic E-state index is 13.6. The highest BCUT2D eigenvalue weighted by atomic mass is 32.2. The van der Waals surface area contributed by atoms with Gasteiger partial charge < -0.3 is 9.64 Å². The number of ether oxygens (including phenoxy) is 1. The number of sulfone groups is 1. The van der Waals surface area contributed by atoms with Crippen LogP contribution in [-0.4, -0.2) is 36.9 Å². The second-order valence-electron chi connectivity index (χ2n) is 8.96. The monoisotopic (exact) mass is 514 g/mol. The maximum Gasteiger partial charge on any atom is 0.293 e. The summed E-state index contributed by atoms with van der Waals surface area (Å²) in [5.74, 6) is -2.13. The van der Waals surface area contributed by atoms with Crippen LogP contribution in [0.5, 0.6) is 5.75 Å². The summed E-state index contributed by atoms with van der Waals surface area (Å²) in [6.45, 7) is 0.824. The summed E-state index contributed by atoms with van der Waals surface area (Å²) >= 11 is 0. The van der Waals surface area contributed by atoms with E-state index in [2.05, 4.69) is 0 Å². The molecule has 0 radical (unpaired) electrons. The fourth-order valence-corrected chi connectivity index (χ4v) is 6.44. The predicted molar refractivity (Wildman–Crippen MR) is 126 cm³/mol. The lowest BCUT2D eigenvalue weighted by Gasteiger charge is -2.23. The van der Waals surface area contributed by atoms with Gasteiger partial charge >= 0.3 is 0 Å². The Morgan fingerprint density at radius 3 is 2.33 bits per heavy atom. The molecule has 188 valence electrons. The van der Waals surface area contributed by atoms with Gasteiger partial charge in [0, 0.05) is 30.9 Å². The molecular weight excluding hydrogens is 490 g/mol. The summed E-state index contributed by atoms with van der Waals surface area (Å²) in [5.41, 5.74) is -0.260. The quantitative estimate of drug-likeness (QED) is 0.501. The van der Waals surface area contributed by atoms with E-state index in [1.54, 1.807) is 23.1 Å². The van der Waals surface area contributed by atoms with Gasteiger partial charge in [0.05, 0.1) is 9.79 Å². The standard InChI is InChI=1S/C26H24F2N2O5S/c27-18-12-17(13-19(28)14-18)16-35-23-15-24(36(33,34)20-6-2-1-3-7-20)21-8-9-22(30(21)26(23)32)25(31)29-10-4-5-11-29/h1-3,6-7,12-15,22H,4-5,8-11,16H2/t22-/m0/s1. The Kier molecular flexibility index (Phi) is 6.38. The molecule has 2 aromatic carbocycles. The Bertz CT molecular complexity index is 1460. The Hall–Kier alpha value is -3.53. The van der Waals surface area contributed by atoms with Crippen molar-refractivity contribution in [1.82, 2.24) is 9.47 Å². The van der Waals surface area contributed by atoms with E-state index in [-0.39, 0.29) is 45.7 Å². The number of hydrogen-bond donors (Lipinski definition) is 0. The molecular formula is C26H24F2N2O5S. The van der Waals surface area contributed by atoms with Crippen molar-refractivity contribution in [3.63, 3.8) is 0 Å². The molecule has 1 amide bonds. The topological polar surface area (TPSA) is 85.7 Å². The minimum absolute atomic E-state index is 0.0407. The number of amides is 1. The predicted octanol–water partition coefficient (Wildman–Crippen LogP) is 3.65. The third-order valence-corrected chi connectivity index (χ3v) is 8.42. The first-order valence-corrected chi connectivity index (χ1v) is 13.2. The van der Waals surface area contributed by atoms with Crippen LogP contribution in [0.25, 0.3) is 0 Å². The van der Waals surface area contributed by atoms with Gasteiger partial charge in [-0.25, -0.2) is 17.2 Å². The van der Waals surface area contributed by atoms with Gasteiger partial charge in [-0.1, -0.05) is 18.2 Å². The van der Waals surface area contributed by atoms with Gasteiger partial charge in [0.25, 0.3) is 5.56 Å². The molecule has 7 nitrogen and oxygen atoms in total. The highest BCUT2D eigenvalue weighted by Crippen LogP contribution is 2.35. The molecule has 10 heteroatoms. The van der Waals surface area contributed by atoms with Crippen molar-refractivity contribution in [3.8, 4) is 5.75 Å². The molecule has 2 aliphatic heterocycles. The van der Waals surface area contributed by atoms with Crippen LogP contribution in [0.1, 0.15) is 36.6 Å². The molecule has 1 fully saturated rings. The lowest BCUT2D eigenvalue weighted by atomic mass is 10.2. The zero-order valence-corrected chi connectivity index (χ0v) is 20.1. The number of halogens is 2. The second kappa shape index (κ2) is 9.50. The number of benzene rings is 2. The lowest BCUT2D eigenvalue weighted by Crippen LogP contribution is -2.38. The second-order valence-corrected chi connectivity index (χ2v) is 10.9. The molecule has 3 aromatic rings. The van der Waals surface area contributed by atoms with Crippen LogP contribution in [0.4, 0.5) is 8.78 Å². The van der Waals surface area contributed by atoms with Crippen LogP contribution in [0, 0.1) is 11.6 Å². The summed E-state index contributed by atoms with van der Waals surface area (Å²) in [7, 11) is -4.05. The molecule has 1 saturated heterocycles. The lowest BCUT2D eigenvalue weighted by molar-refractivity contribution is -0.133. The van der Waals surface area contributed by atoms with E-state index in [0.717, 1.165) is 31.0 Å². The molecule has 0 bridgehead atoms. The van der Waals surface area contributed by atoms with Crippen molar-refractivity contribution < 1.29 is 26.7 Å². The normalized spacial score (nSPS) is 17.3. The molecule has 0 spiro atoms. The summed E-state index contributed by atoms with van der Waals surface area (Å²) < 4.78 is 61.3. The van der Waals surface area contributed by atoms with Gasteiger partial charge in [-0.05, 0) is 55.5 Å². The van der Waals surface area contributed by atoms with E-state index in [0.29, 0.717) is 25.6 Å². The molecule has 0 N–H and O–H groups in total. The summed E-state index contributed by atoms with van der Waals surface area (Å²) in [6.07, 6.45) is 2.28. The van der Waals surface area contributed by atoms with Gasteiger partial charge in [-0.3, -0.25) is 14.2 Å². The average Bonchev–Trinajstić information content (AvgIpc) is 3.54. The van der Waals surface area contributed by atoms with E-state index in [1.807, 2.05) is 0 Å². The molecule has 0 unspecified atom stereocenters. The van der Waals surface area contributed by atoms with Gasteiger partial charge in [0.1, 0.15) is 24.3 Å². The molecule has 3 heterocycles. The number of pyridine rings is 1. The first kappa shape index (κ1) is 24.2. The number of fused-ring (bicyclic) bond motifs is 1. The maximum absolute atomic E-state index is 13.6. The highest BCUT2D eigenvalue weighted by Gasteiger charge is 2.38. The van der Waals surface area contributed by atoms with E-state index in [9.17, 15) is 26.8 Å². The Labute approximate surface area is 206 Å². The van der Waals surface area contributed by atoms with E-state index in [4.69, 9.17) is 4.74 Å². The van der Waals surface area contributed by atoms with Crippen molar-refractivity contribution in [2.75, 3.05) is 13.1 Å². The van der Waals surface area contributed by atoms with Gasteiger partial charge in [0.2, 0.25) is 15.7 Å². The summed E-state index contributed by atoms with van der Waals surface area (Å²) in [5, 5.41) is 0. The summed E-state index contributed by atoms with van der Waals surface area (Å²) in [6, 6.07) is 11.0. The van der Waals surface area contributed by atoms with E-state index < -0.39 is 33.1 Å². The minimum Gasteiger partial charge on any atom is -0.483 e. The van der Waals surface area contributed by atoms with Crippen molar-refractivity contribution in [2.45, 2.75) is 48.1 Å². The zero-order valence-electron chi connectivity index (χ0n) is 19.3. The molecule has 1 aromatic heterocycles. The number of nitrogens with zero attached hydrogens (tertiary/aromatic N) is 2. The van der Waals surface area contributed by atoms with Crippen LogP contribution >= 0.6 is 0 Å². The third-order valence-electron chi connectivity index (χ3n) is 6.60. The Morgan fingerprint density at radius 2 is 1.67 bits per heavy atom.